The molecule has 1 aliphatic heterocycles. The number of hydrogen-bond acceptors (Lipinski definition) is 4. The van der Waals surface area contributed by atoms with Gasteiger partial charge in [-0.15, -0.1) is 0 Å². The molecule has 1 unspecified atom stereocenters. The average molecular weight is 453 g/mol. The van der Waals surface area contributed by atoms with Crippen molar-refractivity contribution >= 4 is 21.8 Å². The first-order chi connectivity index (χ1) is 15.0. The van der Waals surface area contributed by atoms with Crippen LogP contribution in [0.15, 0.2) is 75.6 Å². The molecule has 0 bridgehead atoms. The molecule has 0 spiro atoms. The molecular weight excluding hydrogens is 424 g/mol. The van der Waals surface area contributed by atoms with Gasteiger partial charge in [0.25, 0.3) is 0 Å². The predicted octanol–water partition coefficient (Wildman–Crippen LogP) is 5.50. The van der Waals surface area contributed by atoms with E-state index in [2.05, 4.69) is 47.0 Å². The van der Waals surface area contributed by atoms with Crippen LogP contribution in [0, 0.1) is 6.92 Å². The maximum Gasteiger partial charge on any atom is 0.240 e. The first-order valence-electron chi connectivity index (χ1n) is 10.8. The van der Waals surface area contributed by atoms with E-state index in [1.54, 1.807) is 24.2 Å². The van der Waals surface area contributed by atoms with Gasteiger partial charge in [-0.2, -0.15) is 0 Å². The summed E-state index contributed by atoms with van der Waals surface area (Å²) in [6.07, 6.45) is 7.29. The van der Waals surface area contributed by atoms with Gasteiger partial charge in [-0.25, -0.2) is 13.1 Å². The van der Waals surface area contributed by atoms with E-state index in [1.165, 1.54) is 16.0 Å². The summed E-state index contributed by atoms with van der Waals surface area (Å²) in [6, 6.07) is 16.3. The molecule has 31 heavy (non-hydrogen) atoms. The number of aryl methyl sites for hydroxylation is 1. The Morgan fingerprint density at radius 3 is 2.74 bits per heavy atom. The van der Waals surface area contributed by atoms with E-state index in [0.29, 0.717) is 23.8 Å². The Labute approximate surface area is 189 Å². The number of nitrogens with zero attached hydrogens (tertiary/aromatic N) is 1. The highest BCUT2D eigenvalue weighted by Crippen LogP contribution is 2.44. The maximum atomic E-state index is 13.1. The summed E-state index contributed by atoms with van der Waals surface area (Å²) in [6.45, 7) is 4.46. The Morgan fingerprint density at radius 1 is 1.13 bits per heavy atom. The SMILES string of the molecule is CCCC1Cc2ccccc2Sc2cc(S(=O)(=O)NCCc3cccnc3)c(C)cc21. The zero-order valence-corrected chi connectivity index (χ0v) is 19.6. The number of pyridine rings is 1. The molecule has 0 saturated heterocycles. The number of rotatable bonds is 7. The molecular formula is C25H28N2O2S2. The third-order valence-corrected chi connectivity index (χ3v) is 8.56. The van der Waals surface area contributed by atoms with Crippen molar-refractivity contribution in [2.75, 3.05) is 6.54 Å². The number of hydrogen-bond donors (Lipinski definition) is 1. The Bertz CT molecular complexity index is 1160. The highest BCUT2D eigenvalue weighted by molar-refractivity contribution is 7.99. The lowest BCUT2D eigenvalue weighted by atomic mass is 9.88. The Kier molecular flexibility index (Phi) is 6.80. The van der Waals surface area contributed by atoms with Gasteiger partial charge in [0.05, 0.1) is 4.90 Å². The lowest BCUT2D eigenvalue weighted by Gasteiger charge is -2.19. The first-order valence-corrected chi connectivity index (χ1v) is 13.1. The summed E-state index contributed by atoms with van der Waals surface area (Å²) in [4.78, 5) is 6.74. The summed E-state index contributed by atoms with van der Waals surface area (Å²) >= 11 is 1.69. The van der Waals surface area contributed by atoms with Crippen LogP contribution in [-0.4, -0.2) is 19.9 Å². The molecule has 2 aromatic carbocycles. The molecule has 0 fully saturated rings. The maximum absolute atomic E-state index is 13.1. The third-order valence-electron chi connectivity index (χ3n) is 5.76. The number of benzene rings is 2. The fourth-order valence-electron chi connectivity index (χ4n) is 4.21. The zero-order valence-electron chi connectivity index (χ0n) is 18.0. The molecule has 3 aromatic rings. The van der Waals surface area contributed by atoms with Crippen LogP contribution in [0.1, 0.15) is 47.9 Å². The lowest BCUT2D eigenvalue weighted by molar-refractivity contribution is 0.579. The summed E-state index contributed by atoms with van der Waals surface area (Å²) in [5.41, 5.74) is 4.44. The normalized spacial score (nSPS) is 15.7. The van der Waals surface area contributed by atoms with E-state index < -0.39 is 10.0 Å². The van der Waals surface area contributed by atoms with Crippen molar-refractivity contribution in [3.63, 3.8) is 0 Å². The summed E-state index contributed by atoms with van der Waals surface area (Å²) < 4.78 is 29.0. The van der Waals surface area contributed by atoms with Crippen molar-refractivity contribution in [3.05, 3.63) is 83.2 Å². The van der Waals surface area contributed by atoms with Gasteiger partial charge in [0.2, 0.25) is 10.0 Å². The van der Waals surface area contributed by atoms with Crippen LogP contribution in [0.3, 0.4) is 0 Å². The van der Waals surface area contributed by atoms with Gasteiger partial charge in [0.1, 0.15) is 0 Å². The molecule has 1 aromatic heterocycles. The van der Waals surface area contributed by atoms with Gasteiger partial charge in [-0.3, -0.25) is 4.98 Å². The minimum absolute atomic E-state index is 0.346. The highest BCUT2D eigenvalue weighted by atomic mass is 32.2. The molecule has 162 valence electrons. The quantitative estimate of drug-likeness (QED) is 0.514. The van der Waals surface area contributed by atoms with Crippen LogP contribution in [0.25, 0.3) is 0 Å². The van der Waals surface area contributed by atoms with Crippen LogP contribution in [0.5, 0.6) is 0 Å². The summed E-state index contributed by atoms with van der Waals surface area (Å²) in [5, 5.41) is 0. The van der Waals surface area contributed by atoms with Crippen molar-refractivity contribution in [1.29, 1.82) is 0 Å². The number of nitrogens with one attached hydrogen (secondary N) is 1. The second kappa shape index (κ2) is 9.55. The van der Waals surface area contributed by atoms with Crippen LogP contribution in [0.4, 0.5) is 0 Å². The topological polar surface area (TPSA) is 59.1 Å². The van der Waals surface area contributed by atoms with Crippen LogP contribution < -0.4 is 4.72 Å². The summed E-state index contributed by atoms with van der Waals surface area (Å²) in [7, 11) is -3.60. The fourth-order valence-corrected chi connectivity index (χ4v) is 6.76. The average Bonchev–Trinajstić information content (AvgIpc) is 2.90. The van der Waals surface area contributed by atoms with Crippen LogP contribution in [-0.2, 0) is 22.9 Å². The smallest absolute Gasteiger partial charge is 0.240 e. The molecule has 0 radical (unpaired) electrons. The van der Waals surface area contributed by atoms with E-state index in [0.717, 1.165) is 35.3 Å². The van der Waals surface area contributed by atoms with E-state index in [-0.39, 0.29) is 0 Å². The number of sulfonamides is 1. The van der Waals surface area contributed by atoms with Crippen molar-refractivity contribution in [3.8, 4) is 0 Å². The van der Waals surface area contributed by atoms with E-state index >= 15 is 0 Å². The fraction of sp³-hybridized carbons (Fsp3) is 0.320. The number of aromatic nitrogens is 1. The second-order valence-corrected chi connectivity index (χ2v) is 10.9. The molecule has 4 rings (SSSR count). The van der Waals surface area contributed by atoms with Gasteiger partial charge in [0.15, 0.2) is 0 Å². The molecule has 0 amide bonds. The van der Waals surface area contributed by atoms with Crippen molar-refractivity contribution in [2.24, 2.45) is 0 Å². The minimum Gasteiger partial charge on any atom is -0.264 e. The predicted molar refractivity (Wildman–Crippen MR) is 126 cm³/mol. The lowest BCUT2D eigenvalue weighted by Crippen LogP contribution is -2.27. The largest absolute Gasteiger partial charge is 0.264 e. The molecule has 1 atom stereocenters. The van der Waals surface area contributed by atoms with Crippen molar-refractivity contribution in [2.45, 2.75) is 60.1 Å². The van der Waals surface area contributed by atoms with Gasteiger partial charge in [0, 0.05) is 28.7 Å². The first kappa shape index (κ1) is 22.1. The van der Waals surface area contributed by atoms with E-state index in [1.807, 2.05) is 25.1 Å². The Balaban J connectivity index is 1.64. The molecule has 4 nitrogen and oxygen atoms in total. The number of fused-ring (bicyclic) bond motifs is 2. The summed E-state index contributed by atoms with van der Waals surface area (Å²) in [5.74, 6) is 0.408. The molecule has 0 saturated carbocycles. The van der Waals surface area contributed by atoms with E-state index in [9.17, 15) is 8.42 Å². The minimum atomic E-state index is -3.60. The molecule has 1 N–H and O–H groups in total. The second-order valence-electron chi connectivity index (χ2n) is 8.06. The van der Waals surface area contributed by atoms with Gasteiger partial charge < -0.3 is 0 Å². The van der Waals surface area contributed by atoms with Gasteiger partial charge in [-0.1, -0.05) is 55.4 Å². The molecule has 6 heteroatoms. The van der Waals surface area contributed by atoms with E-state index in [4.69, 9.17) is 0 Å². The monoisotopic (exact) mass is 452 g/mol. The Hall–Kier alpha value is -2.15. The third kappa shape index (κ3) is 5.03. The highest BCUT2D eigenvalue weighted by Gasteiger charge is 2.26. The van der Waals surface area contributed by atoms with Crippen molar-refractivity contribution in [1.82, 2.24) is 9.71 Å². The molecule has 0 aliphatic carbocycles. The standard InChI is InChI=1S/C25H28N2O2S2/c1-3-7-20-15-21-9-4-5-10-23(21)30-24-16-25(18(2)14-22(20)24)31(28,29)27-13-11-19-8-6-12-26-17-19/h4-6,8-10,12,14,16-17,20,27H,3,7,11,13,15H2,1-2H3. The van der Waals surface area contributed by atoms with Crippen LogP contribution >= 0.6 is 11.8 Å². The molecule has 1 aliphatic rings. The zero-order chi connectivity index (χ0) is 21.8. The van der Waals surface area contributed by atoms with Gasteiger partial charge in [-0.05, 0) is 72.6 Å². The molecule has 2 heterocycles. The van der Waals surface area contributed by atoms with Crippen molar-refractivity contribution < 1.29 is 8.42 Å². The van der Waals surface area contributed by atoms with Crippen LogP contribution in [0.2, 0.25) is 0 Å². The Morgan fingerprint density at radius 2 is 1.97 bits per heavy atom. The van der Waals surface area contributed by atoms with Gasteiger partial charge >= 0.3 is 0 Å².